The molecule has 2 rings (SSSR count). The van der Waals surface area contributed by atoms with E-state index in [2.05, 4.69) is 17.6 Å². The van der Waals surface area contributed by atoms with Crippen LogP contribution in [0.15, 0.2) is 54.1 Å². The highest BCUT2D eigenvalue weighted by Gasteiger charge is 2.09. The van der Waals surface area contributed by atoms with Crippen LogP contribution in [0.3, 0.4) is 0 Å². The zero-order valence-electron chi connectivity index (χ0n) is 14.2. The average Bonchev–Trinajstić information content (AvgIpc) is 2.61. The molecule has 0 saturated heterocycles. The Kier molecular flexibility index (Phi) is 6.08. The Morgan fingerprint density at radius 2 is 1.56 bits per heavy atom. The Labute approximate surface area is 147 Å². The minimum absolute atomic E-state index is 0.00634. The van der Waals surface area contributed by atoms with Crippen molar-refractivity contribution in [3.05, 3.63) is 65.2 Å². The molecule has 2 N–H and O–H groups in total. The van der Waals surface area contributed by atoms with Gasteiger partial charge in [-0.3, -0.25) is 9.59 Å². The fourth-order valence-corrected chi connectivity index (χ4v) is 2.20. The molecule has 2 aromatic rings. The van der Waals surface area contributed by atoms with Crippen molar-refractivity contribution in [2.45, 2.75) is 20.3 Å². The predicted molar refractivity (Wildman–Crippen MR) is 98.8 cm³/mol. The van der Waals surface area contributed by atoms with Crippen LogP contribution in [0.1, 0.15) is 25.0 Å². The average molecular weight is 333 g/mol. The van der Waals surface area contributed by atoms with Crippen molar-refractivity contribution in [2.24, 2.45) is 0 Å². The van der Waals surface area contributed by atoms with Crippen LogP contribution in [-0.2, 0) is 16.0 Å². The van der Waals surface area contributed by atoms with Gasteiger partial charge in [-0.1, -0.05) is 31.2 Å². The second kappa shape index (κ2) is 8.46. The molecule has 5 nitrogen and oxygen atoms in total. The molecule has 0 saturated carbocycles. The smallest absolute Gasteiger partial charge is 0.266 e. The van der Waals surface area contributed by atoms with Crippen LogP contribution < -0.4 is 10.6 Å². The number of nitrogens with zero attached hydrogens (tertiary/aromatic N) is 1. The summed E-state index contributed by atoms with van der Waals surface area (Å²) in [7, 11) is 0. The molecular weight excluding hydrogens is 314 g/mol. The molecule has 0 radical (unpaired) electrons. The maximum absolute atomic E-state index is 12.3. The molecule has 0 aliphatic rings. The number of nitrogens with one attached hydrogen (secondary N) is 2. The van der Waals surface area contributed by atoms with Crippen LogP contribution in [0.4, 0.5) is 11.4 Å². The predicted octanol–water partition coefficient (Wildman–Crippen LogP) is 3.75. The third-order valence-corrected chi connectivity index (χ3v) is 3.53. The summed E-state index contributed by atoms with van der Waals surface area (Å²) in [5, 5.41) is 14.6. The number of hydrogen-bond acceptors (Lipinski definition) is 3. The third kappa shape index (κ3) is 5.33. The molecule has 0 bridgehead atoms. The molecule has 25 heavy (non-hydrogen) atoms. The summed E-state index contributed by atoms with van der Waals surface area (Å²) < 4.78 is 0. The van der Waals surface area contributed by atoms with Crippen molar-refractivity contribution in [3.63, 3.8) is 0 Å². The van der Waals surface area contributed by atoms with Crippen molar-refractivity contribution in [1.29, 1.82) is 5.26 Å². The third-order valence-electron chi connectivity index (χ3n) is 3.53. The number of nitriles is 1. The first kappa shape index (κ1) is 18.0. The van der Waals surface area contributed by atoms with Crippen LogP contribution >= 0.6 is 0 Å². The first-order valence-electron chi connectivity index (χ1n) is 7.91. The van der Waals surface area contributed by atoms with E-state index >= 15 is 0 Å². The fourth-order valence-electron chi connectivity index (χ4n) is 2.20. The summed E-state index contributed by atoms with van der Waals surface area (Å²) in [6.07, 6.45) is 2.43. The van der Waals surface area contributed by atoms with Gasteiger partial charge in [-0.05, 0) is 47.9 Å². The molecule has 126 valence electrons. The fraction of sp³-hybridized carbons (Fsp3) is 0.150. The Balaban J connectivity index is 2.11. The van der Waals surface area contributed by atoms with E-state index in [1.807, 2.05) is 30.3 Å². The van der Waals surface area contributed by atoms with Crippen molar-refractivity contribution in [1.82, 2.24) is 0 Å². The number of hydrogen-bond donors (Lipinski definition) is 2. The first-order chi connectivity index (χ1) is 12.0. The van der Waals surface area contributed by atoms with E-state index in [1.54, 1.807) is 24.3 Å². The first-order valence-corrected chi connectivity index (χ1v) is 7.91. The zero-order chi connectivity index (χ0) is 18.2. The number of carbonyl (C=O) groups is 2. The summed E-state index contributed by atoms with van der Waals surface area (Å²) in [5.74, 6) is -0.618. The highest BCUT2D eigenvalue weighted by atomic mass is 16.2. The lowest BCUT2D eigenvalue weighted by Gasteiger charge is -2.06. The van der Waals surface area contributed by atoms with E-state index < -0.39 is 5.91 Å². The van der Waals surface area contributed by atoms with Gasteiger partial charge < -0.3 is 10.6 Å². The standard InChI is InChI=1S/C20H19N3O2/c1-3-15-4-8-19(9-5-15)23-20(25)17(13-21)12-16-6-10-18(11-7-16)22-14(2)24/h4-12H,3H2,1-2H3,(H,22,24)(H,23,25)/b17-12+. The monoisotopic (exact) mass is 333 g/mol. The van der Waals surface area contributed by atoms with E-state index in [0.717, 1.165) is 6.42 Å². The Bertz CT molecular complexity index is 829. The van der Waals surface area contributed by atoms with Crippen molar-refractivity contribution in [2.75, 3.05) is 10.6 Å². The van der Waals surface area contributed by atoms with Crippen LogP contribution in [0, 0.1) is 11.3 Å². The maximum atomic E-state index is 12.3. The van der Waals surface area contributed by atoms with E-state index in [4.69, 9.17) is 0 Å². The molecule has 2 amide bonds. The van der Waals surface area contributed by atoms with Gasteiger partial charge in [0.2, 0.25) is 5.91 Å². The van der Waals surface area contributed by atoms with Crippen LogP contribution in [0.25, 0.3) is 6.08 Å². The lowest BCUT2D eigenvalue weighted by Crippen LogP contribution is -2.13. The minimum atomic E-state index is -0.460. The molecule has 0 spiro atoms. The Hall–Kier alpha value is -3.39. The second-order valence-electron chi connectivity index (χ2n) is 5.48. The molecule has 0 atom stereocenters. The van der Waals surface area contributed by atoms with E-state index in [-0.39, 0.29) is 11.5 Å². The molecule has 2 aromatic carbocycles. The molecular formula is C20H19N3O2. The van der Waals surface area contributed by atoms with Crippen LogP contribution in [-0.4, -0.2) is 11.8 Å². The molecule has 0 aliphatic heterocycles. The van der Waals surface area contributed by atoms with Gasteiger partial charge >= 0.3 is 0 Å². The summed E-state index contributed by atoms with van der Waals surface area (Å²) in [6.45, 7) is 3.49. The van der Waals surface area contributed by atoms with Gasteiger partial charge in [0.25, 0.3) is 5.91 Å². The molecule has 0 fully saturated rings. The number of aryl methyl sites for hydroxylation is 1. The quantitative estimate of drug-likeness (QED) is 0.646. The summed E-state index contributed by atoms with van der Waals surface area (Å²) >= 11 is 0. The van der Waals surface area contributed by atoms with Crippen molar-refractivity contribution < 1.29 is 9.59 Å². The summed E-state index contributed by atoms with van der Waals surface area (Å²) in [5.41, 5.74) is 3.18. The molecule has 0 aromatic heterocycles. The number of anilines is 2. The van der Waals surface area contributed by atoms with Gasteiger partial charge in [0.1, 0.15) is 11.6 Å². The van der Waals surface area contributed by atoms with Gasteiger partial charge in [0, 0.05) is 18.3 Å². The highest BCUT2D eigenvalue weighted by Crippen LogP contribution is 2.15. The number of rotatable bonds is 5. The molecule has 0 heterocycles. The van der Waals surface area contributed by atoms with Crippen molar-refractivity contribution in [3.8, 4) is 6.07 Å². The van der Waals surface area contributed by atoms with Gasteiger partial charge in [0.05, 0.1) is 0 Å². The number of benzene rings is 2. The largest absolute Gasteiger partial charge is 0.326 e. The Morgan fingerprint density at radius 3 is 2.08 bits per heavy atom. The second-order valence-corrected chi connectivity index (χ2v) is 5.48. The number of amides is 2. The lowest BCUT2D eigenvalue weighted by atomic mass is 10.1. The minimum Gasteiger partial charge on any atom is -0.326 e. The lowest BCUT2D eigenvalue weighted by molar-refractivity contribution is -0.114. The van der Waals surface area contributed by atoms with Crippen LogP contribution in [0.2, 0.25) is 0 Å². The summed E-state index contributed by atoms with van der Waals surface area (Å²) in [4.78, 5) is 23.3. The Morgan fingerprint density at radius 1 is 1.00 bits per heavy atom. The van der Waals surface area contributed by atoms with Crippen molar-refractivity contribution >= 4 is 29.3 Å². The normalized spacial score (nSPS) is 10.7. The van der Waals surface area contributed by atoms with Gasteiger partial charge in [-0.25, -0.2) is 0 Å². The highest BCUT2D eigenvalue weighted by molar-refractivity contribution is 6.09. The molecule has 0 aliphatic carbocycles. The molecule has 0 unspecified atom stereocenters. The molecule has 5 heteroatoms. The maximum Gasteiger partial charge on any atom is 0.266 e. The van der Waals surface area contributed by atoms with Crippen LogP contribution in [0.5, 0.6) is 0 Å². The van der Waals surface area contributed by atoms with E-state index in [9.17, 15) is 14.9 Å². The van der Waals surface area contributed by atoms with E-state index in [1.165, 1.54) is 18.6 Å². The van der Waals surface area contributed by atoms with Gasteiger partial charge in [-0.2, -0.15) is 5.26 Å². The zero-order valence-corrected chi connectivity index (χ0v) is 14.2. The topological polar surface area (TPSA) is 82.0 Å². The summed E-state index contributed by atoms with van der Waals surface area (Å²) in [6, 6.07) is 16.3. The van der Waals surface area contributed by atoms with E-state index in [0.29, 0.717) is 16.9 Å². The SMILES string of the molecule is CCc1ccc(NC(=O)/C(C#N)=C/c2ccc(NC(C)=O)cc2)cc1. The number of carbonyl (C=O) groups excluding carboxylic acids is 2. The van der Waals surface area contributed by atoms with Gasteiger partial charge in [0.15, 0.2) is 0 Å². The van der Waals surface area contributed by atoms with Gasteiger partial charge in [-0.15, -0.1) is 0 Å².